The van der Waals surface area contributed by atoms with Gasteiger partial charge in [0.1, 0.15) is 5.75 Å². The van der Waals surface area contributed by atoms with Crippen molar-refractivity contribution in [2.24, 2.45) is 4.99 Å². The number of rotatable bonds is 3. The van der Waals surface area contributed by atoms with Gasteiger partial charge < -0.3 is 4.74 Å². The highest BCUT2D eigenvalue weighted by molar-refractivity contribution is 7.02. The van der Waals surface area contributed by atoms with Crippen molar-refractivity contribution >= 4 is 11.5 Å². The van der Waals surface area contributed by atoms with Gasteiger partial charge >= 0.3 is 6.01 Å². The summed E-state index contributed by atoms with van der Waals surface area (Å²) in [4.78, 5) is 5.04. The Hall–Kier alpha value is -2.40. The van der Waals surface area contributed by atoms with Crippen molar-refractivity contribution in [2.75, 3.05) is 7.05 Å². The first-order valence-corrected chi connectivity index (χ1v) is 6.95. The first-order valence-electron chi connectivity index (χ1n) is 6.18. The predicted octanol–water partition coefficient (Wildman–Crippen LogP) is 3.26. The third-order valence-corrected chi connectivity index (χ3v) is 3.52. The van der Waals surface area contributed by atoms with Crippen LogP contribution >= 0.6 is 11.5 Å². The topological polar surface area (TPSA) is 39.4 Å². The van der Waals surface area contributed by atoms with Gasteiger partial charge in [0.2, 0.25) is 4.80 Å². The molecule has 1 heterocycles. The van der Waals surface area contributed by atoms with Crippen LogP contribution in [0.3, 0.4) is 0 Å². The lowest BCUT2D eigenvalue weighted by atomic mass is 10.3. The minimum absolute atomic E-state index is 0.521. The Morgan fingerprint density at radius 2 is 1.65 bits per heavy atom. The zero-order valence-corrected chi connectivity index (χ0v) is 11.7. The molecule has 3 rings (SSSR count). The summed E-state index contributed by atoms with van der Waals surface area (Å²) in [5.74, 6) is 0.755. The Balaban J connectivity index is 2.07. The van der Waals surface area contributed by atoms with Crippen LogP contribution in [0.1, 0.15) is 0 Å². The van der Waals surface area contributed by atoms with E-state index in [2.05, 4.69) is 9.37 Å². The number of nitrogens with zero attached hydrogens (tertiary/aromatic N) is 3. The smallest absolute Gasteiger partial charge is 0.320 e. The minimum Gasteiger partial charge on any atom is -0.425 e. The van der Waals surface area contributed by atoms with Gasteiger partial charge in [-0.05, 0) is 24.3 Å². The minimum atomic E-state index is 0.521. The van der Waals surface area contributed by atoms with Crippen LogP contribution in [0.2, 0.25) is 0 Å². The largest absolute Gasteiger partial charge is 0.425 e. The monoisotopic (exact) mass is 283 g/mol. The number of ether oxygens (including phenoxy) is 1. The number of para-hydroxylation sites is 2. The van der Waals surface area contributed by atoms with Crippen molar-refractivity contribution < 1.29 is 4.74 Å². The molecule has 0 spiro atoms. The van der Waals surface area contributed by atoms with Gasteiger partial charge in [-0.1, -0.05) is 36.4 Å². The van der Waals surface area contributed by atoms with Crippen molar-refractivity contribution in [3.8, 4) is 17.4 Å². The number of aromatic nitrogens is 2. The number of hydrogen-bond donors (Lipinski definition) is 0. The molecule has 0 saturated carbocycles. The zero-order chi connectivity index (χ0) is 13.8. The molecule has 0 radical (unpaired) electrons. The van der Waals surface area contributed by atoms with E-state index in [9.17, 15) is 0 Å². The molecular formula is C15H13N3OS. The lowest BCUT2D eigenvalue weighted by Crippen LogP contribution is -2.13. The predicted molar refractivity (Wildman–Crippen MR) is 79.4 cm³/mol. The molecule has 5 heteroatoms. The number of benzene rings is 2. The average Bonchev–Trinajstić information content (AvgIpc) is 2.92. The quantitative estimate of drug-likeness (QED) is 0.740. The molecule has 0 unspecified atom stereocenters. The van der Waals surface area contributed by atoms with Crippen molar-refractivity contribution in [1.29, 1.82) is 0 Å². The molecular weight excluding hydrogens is 270 g/mol. The second-order valence-corrected chi connectivity index (χ2v) is 4.79. The van der Waals surface area contributed by atoms with Crippen molar-refractivity contribution in [2.45, 2.75) is 0 Å². The highest BCUT2D eigenvalue weighted by atomic mass is 32.1. The Labute approximate surface area is 120 Å². The Bertz CT molecular complexity index is 748. The third-order valence-electron chi connectivity index (χ3n) is 2.75. The first-order chi connectivity index (χ1) is 9.88. The second-order valence-electron chi connectivity index (χ2n) is 4.06. The zero-order valence-electron chi connectivity index (χ0n) is 10.9. The van der Waals surface area contributed by atoms with Crippen molar-refractivity contribution in [3.05, 3.63) is 65.5 Å². The highest BCUT2D eigenvalue weighted by Crippen LogP contribution is 2.21. The fourth-order valence-corrected chi connectivity index (χ4v) is 2.47. The number of hydrogen-bond acceptors (Lipinski definition) is 4. The summed E-state index contributed by atoms with van der Waals surface area (Å²) in [7, 11) is 1.75. The van der Waals surface area contributed by atoms with Crippen LogP contribution in [-0.2, 0) is 0 Å². The lowest BCUT2D eigenvalue weighted by molar-refractivity contribution is 0.433. The van der Waals surface area contributed by atoms with E-state index in [-0.39, 0.29) is 0 Å². The van der Waals surface area contributed by atoms with Gasteiger partial charge in [-0.2, -0.15) is 0 Å². The SMILES string of the molecule is CN=c1snc(Oc2ccccc2)n1-c1ccccc1. The molecule has 0 amide bonds. The summed E-state index contributed by atoms with van der Waals surface area (Å²) in [6, 6.07) is 20.1. The van der Waals surface area contributed by atoms with Crippen LogP contribution in [0, 0.1) is 0 Å². The van der Waals surface area contributed by atoms with Crippen LogP contribution in [-0.4, -0.2) is 16.0 Å². The summed E-state index contributed by atoms with van der Waals surface area (Å²) < 4.78 is 12.1. The summed E-state index contributed by atoms with van der Waals surface area (Å²) in [6.07, 6.45) is 0. The van der Waals surface area contributed by atoms with Crippen molar-refractivity contribution in [3.63, 3.8) is 0 Å². The van der Waals surface area contributed by atoms with Gasteiger partial charge in [0, 0.05) is 18.6 Å². The molecule has 1 aromatic heterocycles. The summed E-state index contributed by atoms with van der Waals surface area (Å²) >= 11 is 1.31. The molecule has 0 N–H and O–H groups in total. The molecule has 3 aromatic rings. The lowest BCUT2D eigenvalue weighted by Gasteiger charge is -2.07. The van der Waals surface area contributed by atoms with Crippen LogP contribution in [0.5, 0.6) is 11.8 Å². The van der Waals surface area contributed by atoms with E-state index >= 15 is 0 Å². The van der Waals surface area contributed by atoms with Gasteiger partial charge in [0.05, 0.1) is 5.69 Å². The van der Waals surface area contributed by atoms with Gasteiger partial charge in [-0.15, -0.1) is 4.37 Å². The van der Waals surface area contributed by atoms with Gasteiger partial charge in [-0.25, -0.2) is 4.57 Å². The Morgan fingerprint density at radius 3 is 2.30 bits per heavy atom. The van der Waals surface area contributed by atoms with Crippen LogP contribution in [0.4, 0.5) is 0 Å². The van der Waals surface area contributed by atoms with Gasteiger partial charge in [0.25, 0.3) is 0 Å². The normalized spacial score (nSPS) is 11.6. The van der Waals surface area contributed by atoms with E-state index in [0.717, 1.165) is 16.2 Å². The molecule has 0 aliphatic rings. The highest BCUT2D eigenvalue weighted by Gasteiger charge is 2.11. The maximum atomic E-state index is 5.85. The standard InChI is InChI=1S/C15H13N3OS/c1-16-15-18(12-8-4-2-5-9-12)14(17-20-15)19-13-10-6-3-7-11-13/h2-11H,1H3. The molecule has 0 aliphatic heterocycles. The van der Waals surface area contributed by atoms with Gasteiger partial charge in [0.15, 0.2) is 0 Å². The average molecular weight is 283 g/mol. The van der Waals surface area contributed by atoms with E-state index in [1.165, 1.54) is 11.5 Å². The Morgan fingerprint density at radius 1 is 1.00 bits per heavy atom. The molecule has 2 aromatic carbocycles. The molecule has 100 valence electrons. The molecule has 0 bridgehead atoms. The fraction of sp³-hybridized carbons (Fsp3) is 0.0667. The molecule has 0 atom stereocenters. The summed E-state index contributed by atoms with van der Waals surface area (Å²) in [6.45, 7) is 0. The second kappa shape index (κ2) is 5.71. The molecule has 0 aliphatic carbocycles. The van der Waals surface area contributed by atoms with E-state index in [4.69, 9.17) is 4.74 Å². The molecule has 20 heavy (non-hydrogen) atoms. The first kappa shape index (κ1) is 12.6. The van der Waals surface area contributed by atoms with Crippen molar-refractivity contribution in [1.82, 2.24) is 8.94 Å². The van der Waals surface area contributed by atoms with Crippen LogP contribution in [0.25, 0.3) is 5.69 Å². The van der Waals surface area contributed by atoms with E-state index in [0.29, 0.717) is 6.01 Å². The van der Waals surface area contributed by atoms with Crippen LogP contribution < -0.4 is 9.54 Å². The molecule has 4 nitrogen and oxygen atoms in total. The van der Waals surface area contributed by atoms with E-state index < -0.39 is 0 Å². The maximum absolute atomic E-state index is 5.85. The van der Waals surface area contributed by atoms with E-state index in [1.807, 2.05) is 65.2 Å². The summed E-state index contributed by atoms with van der Waals surface area (Å²) in [5.41, 5.74) is 0.979. The Kier molecular flexibility index (Phi) is 3.60. The third kappa shape index (κ3) is 2.48. The van der Waals surface area contributed by atoms with Gasteiger partial charge in [-0.3, -0.25) is 4.99 Å². The fourth-order valence-electron chi connectivity index (χ4n) is 1.84. The molecule has 0 saturated heterocycles. The van der Waals surface area contributed by atoms with E-state index in [1.54, 1.807) is 7.05 Å². The molecule has 0 fully saturated rings. The van der Waals surface area contributed by atoms with Crippen LogP contribution in [0.15, 0.2) is 65.7 Å². The summed E-state index contributed by atoms with van der Waals surface area (Å²) in [5, 5.41) is 0. The maximum Gasteiger partial charge on any atom is 0.320 e.